The molecular weight excluding hydrogens is 218 g/mol. The van der Waals surface area contributed by atoms with E-state index in [0.29, 0.717) is 5.92 Å². The quantitative estimate of drug-likeness (QED) is 0.603. The maximum absolute atomic E-state index is 5.21. The average Bonchev–Trinajstić information content (AvgIpc) is 2.28. The third-order valence-electron chi connectivity index (χ3n) is 3.00. The Morgan fingerprint density at radius 3 is 2.50 bits per heavy atom. The first-order chi connectivity index (χ1) is 7.68. The molecule has 0 unspecified atom stereocenters. The smallest absolute Gasteiger partial charge is 0.166 e. The zero-order valence-electron chi connectivity index (χ0n) is 10.6. The summed E-state index contributed by atoms with van der Waals surface area (Å²) in [4.78, 5) is 1.73. The molecule has 0 radical (unpaired) electrons. The van der Waals surface area contributed by atoms with Crippen molar-refractivity contribution in [2.45, 2.75) is 33.1 Å². The Labute approximate surface area is 105 Å². The van der Waals surface area contributed by atoms with Crippen LogP contribution in [0.25, 0.3) is 0 Å². The Morgan fingerprint density at radius 2 is 1.88 bits per heavy atom. The van der Waals surface area contributed by atoms with Gasteiger partial charge in [0.15, 0.2) is 5.11 Å². The van der Waals surface area contributed by atoms with Crippen LogP contribution in [0, 0.1) is 5.92 Å². The summed E-state index contributed by atoms with van der Waals surface area (Å²) in [5, 5.41) is 7.33. The van der Waals surface area contributed by atoms with Gasteiger partial charge in [0.1, 0.15) is 0 Å². The average molecular weight is 244 g/mol. The first-order valence-corrected chi connectivity index (χ1v) is 6.94. The van der Waals surface area contributed by atoms with Gasteiger partial charge in [0.25, 0.3) is 0 Å². The van der Waals surface area contributed by atoms with Crippen LogP contribution < -0.4 is 15.5 Å². The minimum absolute atomic E-state index is 0.646. The van der Waals surface area contributed by atoms with Gasteiger partial charge in [-0.05, 0) is 37.4 Å². The molecule has 3 nitrogen and oxygen atoms in total. The normalized spacial score (nSPS) is 17.4. The summed E-state index contributed by atoms with van der Waals surface area (Å²) in [6, 6.07) is 0. The molecule has 16 heavy (non-hydrogen) atoms. The molecule has 4 heteroatoms. The highest BCUT2D eigenvalue weighted by Gasteiger charge is 2.12. The second kappa shape index (κ2) is 7.85. The fourth-order valence-electron chi connectivity index (χ4n) is 2.01. The van der Waals surface area contributed by atoms with E-state index in [0.717, 1.165) is 18.2 Å². The van der Waals surface area contributed by atoms with Gasteiger partial charge < -0.3 is 15.5 Å². The van der Waals surface area contributed by atoms with E-state index in [9.17, 15) is 0 Å². The first-order valence-electron chi connectivity index (χ1n) is 6.53. The Balaban J connectivity index is 1.99. The maximum Gasteiger partial charge on any atom is 0.166 e. The highest BCUT2D eigenvalue weighted by atomic mass is 32.1. The number of hydrogen-bond donors (Lipinski definition) is 3. The third-order valence-corrected chi connectivity index (χ3v) is 3.28. The Bertz CT molecular complexity index is 200. The van der Waals surface area contributed by atoms with E-state index < -0.39 is 0 Å². The van der Waals surface area contributed by atoms with Gasteiger partial charge in [0, 0.05) is 6.54 Å². The van der Waals surface area contributed by atoms with Gasteiger partial charge in [0.05, 0.1) is 26.2 Å². The molecule has 0 aliphatic carbocycles. The predicted octanol–water partition coefficient (Wildman–Crippen LogP) is 0.175. The SMILES string of the molecule is CC(C)CNC(=S)NCC[NH+]1CCCCC1. The van der Waals surface area contributed by atoms with Crippen LogP contribution in [-0.4, -0.2) is 37.8 Å². The molecule has 0 amide bonds. The summed E-state index contributed by atoms with van der Waals surface area (Å²) in [5.41, 5.74) is 0. The molecule has 0 spiro atoms. The Hall–Kier alpha value is -0.350. The van der Waals surface area contributed by atoms with Crippen LogP contribution in [0.1, 0.15) is 33.1 Å². The van der Waals surface area contributed by atoms with Crippen molar-refractivity contribution >= 4 is 17.3 Å². The maximum atomic E-state index is 5.21. The van der Waals surface area contributed by atoms with Gasteiger partial charge in [-0.25, -0.2) is 0 Å². The topological polar surface area (TPSA) is 28.5 Å². The van der Waals surface area contributed by atoms with Crippen molar-refractivity contribution < 1.29 is 4.90 Å². The predicted molar refractivity (Wildman–Crippen MR) is 72.9 cm³/mol. The minimum Gasteiger partial charge on any atom is -0.362 e. The molecule has 1 fully saturated rings. The molecule has 0 aromatic heterocycles. The van der Waals surface area contributed by atoms with Crippen molar-refractivity contribution in [3.05, 3.63) is 0 Å². The summed E-state index contributed by atoms with van der Waals surface area (Å²) in [6.07, 6.45) is 4.21. The summed E-state index contributed by atoms with van der Waals surface area (Å²) in [5.74, 6) is 0.646. The summed E-state index contributed by atoms with van der Waals surface area (Å²) < 4.78 is 0. The van der Waals surface area contributed by atoms with Gasteiger partial charge >= 0.3 is 0 Å². The molecule has 0 aromatic rings. The molecule has 1 rings (SSSR count). The summed E-state index contributed by atoms with van der Waals surface area (Å²) in [6.45, 7) is 10.2. The van der Waals surface area contributed by atoms with Crippen LogP contribution in [0.15, 0.2) is 0 Å². The van der Waals surface area contributed by atoms with Crippen LogP contribution in [0.3, 0.4) is 0 Å². The standard InChI is InChI=1S/C12H25N3S/c1-11(2)10-14-12(16)13-6-9-15-7-4-3-5-8-15/h11H,3-10H2,1-2H3,(H2,13,14,16)/p+1. The van der Waals surface area contributed by atoms with Gasteiger partial charge in [-0.1, -0.05) is 13.8 Å². The Kier molecular flexibility index (Phi) is 6.73. The van der Waals surface area contributed by atoms with Gasteiger partial charge in [0.2, 0.25) is 0 Å². The number of quaternary nitrogens is 1. The van der Waals surface area contributed by atoms with Gasteiger partial charge in [-0.3, -0.25) is 0 Å². The molecule has 0 bridgehead atoms. The van der Waals surface area contributed by atoms with E-state index in [-0.39, 0.29) is 0 Å². The lowest BCUT2D eigenvalue weighted by molar-refractivity contribution is -0.903. The monoisotopic (exact) mass is 244 g/mol. The zero-order valence-corrected chi connectivity index (χ0v) is 11.5. The van der Waals surface area contributed by atoms with Gasteiger partial charge in [-0.15, -0.1) is 0 Å². The van der Waals surface area contributed by atoms with Crippen molar-refractivity contribution in [2.24, 2.45) is 5.92 Å². The van der Waals surface area contributed by atoms with Crippen LogP contribution in [0.5, 0.6) is 0 Å². The van der Waals surface area contributed by atoms with Crippen molar-refractivity contribution in [1.82, 2.24) is 10.6 Å². The number of rotatable bonds is 5. The lowest BCUT2D eigenvalue weighted by Gasteiger charge is -2.23. The van der Waals surface area contributed by atoms with Crippen LogP contribution >= 0.6 is 12.2 Å². The summed E-state index contributed by atoms with van der Waals surface area (Å²) in [7, 11) is 0. The highest BCUT2D eigenvalue weighted by molar-refractivity contribution is 7.80. The lowest BCUT2D eigenvalue weighted by atomic mass is 10.1. The van der Waals surface area contributed by atoms with E-state index in [4.69, 9.17) is 12.2 Å². The van der Waals surface area contributed by atoms with E-state index in [1.54, 1.807) is 4.90 Å². The van der Waals surface area contributed by atoms with Crippen LogP contribution in [0.2, 0.25) is 0 Å². The molecule has 1 aliphatic rings. The fraction of sp³-hybridized carbons (Fsp3) is 0.917. The van der Waals surface area contributed by atoms with E-state index in [1.807, 2.05) is 0 Å². The first kappa shape index (κ1) is 13.7. The molecule has 1 aliphatic heterocycles. The van der Waals surface area contributed by atoms with Crippen molar-refractivity contribution in [3.8, 4) is 0 Å². The molecule has 0 aromatic carbocycles. The Morgan fingerprint density at radius 1 is 1.19 bits per heavy atom. The highest BCUT2D eigenvalue weighted by Crippen LogP contribution is 1.93. The number of piperidine rings is 1. The van der Waals surface area contributed by atoms with Crippen LogP contribution in [-0.2, 0) is 0 Å². The molecule has 0 atom stereocenters. The van der Waals surface area contributed by atoms with Crippen molar-refractivity contribution in [3.63, 3.8) is 0 Å². The third kappa shape index (κ3) is 6.28. The zero-order chi connectivity index (χ0) is 11.8. The number of nitrogens with one attached hydrogen (secondary N) is 3. The van der Waals surface area contributed by atoms with E-state index >= 15 is 0 Å². The number of thiocarbonyl (C=S) groups is 1. The fourth-order valence-corrected chi connectivity index (χ4v) is 2.20. The molecule has 3 N–H and O–H groups in total. The summed E-state index contributed by atoms with van der Waals surface area (Å²) >= 11 is 5.21. The van der Waals surface area contributed by atoms with Gasteiger partial charge in [-0.2, -0.15) is 0 Å². The van der Waals surface area contributed by atoms with Crippen molar-refractivity contribution in [1.29, 1.82) is 0 Å². The largest absolute Gasteiger partial charge is 0.362 e. The minimum atomic E-state index is 0.646. The van der Waals surface area contributed by atoms with Crippen molar-refractivity contribution in [2.75, 3.05) is 32.7 Å². The second-order valence-electron chi connectivity index (χ2n) is 5.09. The van der Waals surface area contributed by atoms with E-state index in [2.05, 4.69) is 24.5 Å². The molecule has 1 heterocycles. The molecule has 94 valence electrons. The number of likely N-dealkylation sites (tertiary alicyclic amines) is 1. The molecule has 1 saturated heterocycles. The molecule has 0 saturated carbocycles. The molecular formula is C12H26N3S+. The lowest BCUT2D eigenvalue weighted by Crippen LogP contribution is -3.13. The number of hydrogen-bond acceptors (Lipinski definition) is 1. The van der Waals surface area contributed by atoms with Crippen LogP contribution in [0.4, 0.5) is 0 Å². The second-order valence-corrected chi connectivity index (χ2v) is 5.50. The van der Waals surface area contributed by atoms with E-state index in [1.165, 1.54) is 38.9 Å².